The third-order valence-corrected chi connectivity index (χ3v) is 3.28. The van der Waals surface area contributed by atoms with Crippen molar-refractivity contribution in [3.8, 4) is 17.0 Å². The summed E-state index contributed by atoms with van der Waals surface area (Å²) in [5.74, 6) is 0.540. The molecule has 1 amide bonds. The van der Waals surface area contributed by atoms with E-state index in [1.54, 1.807) is 0 Å². The smallest absolute Gasteiger partial charge is 0.262 e. The number of nitrogens with zero attached hydrogens (tertiary/aromatic N) is 2. The van der Waals surface area contributed by atoms with Gasteiger partial charge in [0.25, 0.3) is 5.91 Å². The molecule has 6 nitrogen and oxygen atoms in total. The fraction of sp³-hybridized carbons (Fsp3) is 0.286. The van der Waals surface area contributed by atoms with Gasteiger partial charge in [-0.3, -0.25) is 9.48 Å². The summed E-state index contributed by atoms with van der Waals surface area (Å²) < 4.78 is 7.22. The number of nitrogens with two attached hydrogens (primary N) is 1. The molecule has 0 fully saturated rings. The minimum atomic E-state index is -0.142. The predicted molar refractivity (Wildman–Crippen MR) is 75.4 cm³/mol. The number of amides is 1. The fourth-order valence-corrected chi connectivity index (χ4v) is 2.28. The molecule has 20 heavy (non-hydrogen) atoms. The molecule has 0 radical (unpaired) electrons. The van der Waals surface area contributed by atoms with E-state index in [0.29, 0.717) is 18.0 Å². The van der Waals surface area contributed by atoms with Gasteiger partial charge in [-0.25, -0.2) is 0 Å². The van der Waals surface area contributed by atoms with Gasteiger partial charge in [0, 0.05) is 18.7 Å². The molecule has 0 bridgehead atoms. The van der Waals surface area contributed by atoms with Crippen LogP contribution in [0.25, 0.3) is 11.3 Å². The van der Waals surface area contributed by atoms with Crippen molar-refractivity contribution in [3.63, 3.8) is 0 Å². The van der Waals surface area contributed by atoms with Crippen molar-refractivity contribution in [2.75, 3.05) is 11.9 Å². The summed E-state index contributed by atoms with van der Waals surface area (Å²) in [5, 5.41) is 7.32. The Morgan fingerprint density at radius 1 is 1.45 bits per heavy atom. The maximum absolute atomic E-state index is 11.4. The molecule has 3 N–H and O–H groups in total. The molecule has 0 spiro atoms. The van der Waals surface area contributed by atoms with Crippen molar-refractivity contribution >= 4 is 11.6 Å². The Morgan fingerprint density at radius 3 is 3.00 bits per heavy atom. The highest BCUT2D eigenvalue weighted by molar-refractivity contribution is 5.96. The minimum Gasteiger partial charge on any atom is -0.482 e. The standard InChI is InChI=1S/C14H16N4O2/c1-2-18-10(7-15)6-11(17-18)9-3-4-13-12(5-9)16-14(19)8-20-13/h3-6H,2,7-8,15H2,1H3,(H,16,19). The van der Waals surface area contributed by atoms with Crippen LogP contribution >= 0.6 is 0 Å². The third kappa shape index (κ3) is 2.14. The summed E-state index contributed by atoms with van der Waals surface area (Å²) in [6.07, 6.45) is 0. The molecule has 0 saturated carbocycles. The number of hydrogen-bond acceptors (Lipinski definition) is 4. The molecule has 0 saturated heterocycles. The first-order valence-electron chi connectivity index (χ1n) is 6.55. The Balaban J connectivity index is 2.00. The SMILES string of the molecule is CCn1nc(-c2ccc3c(c2)NC(=O)CO3)cc1CN. The summed E-state index contributed by atoms with van der Waals surface area (Å²) in [6, 6.07) is 7.61. The van der Waals surface area contributed by atoms with E-state index >= 15 is 0 Å². The van der Waals surface area contributed by atoms with Gasteiger partial charge in [0.05, 0.1) is 17.1 Å². The average molecular weight is 272 g/mol. The van der Waals surface area contributed by atoms with Crippen molar-refractivity contribution in [2.45, 2.75) is 20.0 Å². The average Bonchev–Trinajstić information content (AvgIpc) is 2.89. The Morgan fingerprint density at radius 2 is 2.30 bits per heavy atom. The second-order valence-electron chi connectivity index (χ2n) is 4.59. The Kier molecular flexibility index (Phi) is 3.15. The van der Waals surface area contributed by atoms with Crippen LogP contribution in [0.3, 0.4) is 0 Å². The van der Waals surface area contributed by atoms with Crippen LogP contribution in [0.1, 0.15) is 12.6 Å². The number of benzene rings is 1. The zero-order valence-corrected chi connectivity index (χ0v) is 11.2. The third-order valence-electron chi connectivity index (χ3n) is 3.28. The lowest BCUT2D eigenvalue weighted by molar-refractivity contribution is -0.118. The Hall–Kier alpha value is -2.34. The summed E-state index contributed by atoms with van der Waals surface area (Å²) in [6.45, 7) is 3.31. The molecular weight excluding hydrogens is 256 g/mol. The van der Waals surface area contributed by atoms with E-state index in [4.69, 9.17) is 10.5 Å². The largest absolute Gasteiger partial charge is 0.482 e. The summed E-state index contributed by atoms with van der Waals surface area (Å²) >= 11 is 0. The molecule has 1 aromatic heterocycles. The number of aromatic nitrogens is 2. The van der Waals surface area contributed by atoms with Gasteiger partial charge in [0.2, 0.25) is 0 Å². The lowest BCUT2D eigenvalue weighted by atomic mass is 10.1. The molecule has 6 heteroatoms. The van der Waals surface area contributed by atoms with Crippen LogP contribution in [-0.2, 0) is 17.9 Å². The van der Waals surface area contributed by atoms with E-state index in [-0.39, 0.29) is 12.5 Å². The number of hydrogen-bond donors (Lipinski definition) is 2. The van der Waals surface area contributed by atoms with Gasteiger partial charge in [-0.15, -0.1) is 0 Å². The molecule has 2 aromatic rings. The first-order chi connectivity index (χ1) is 9.71. The number of fused-ring (bicyclic) bond motifs is 1. The van der Waals surface area contributed by atoms with E-state index in [1.807, 2.05) is 35.9 Å². The van der Waals surface area contributed by atoms with E-state index in [2.05, 4.69) is 10.4 Å². The van der Waals surface area contributed by atoms with Crippen molar-refractivity contribution in [1.82, 2.24) is 9.78 Å². The number of ether oxygens (including phenoxy) is 1. The Labute approximate surface area is 116 Å². The number of aryl methyl sites for hydroxylation is 1. The summed E-state index contributed by atoms with van der Waals surface area (Å²) in [7, 11) is 0. The number of carbonyl (C=O) groups is 1. The van der Waals surface area contributed by atoms with Gasteiger partial charge in [-0.05, 0) is 31.2 Å². The molecular formula is C14H16N4O2. The maximum atomic E-state index is 11.4. The highest BCUT2D eigenvalue weighted by Crippen LogP contribution is 2.32. The summed E-state index contributed by atoms with van der Waals surface area (Å²) in [4.78, 5) is 11.4. The van der Waals surface area contributed by atoms with E-state index in [0.717, 1.165) is 23.5 Å². The topological polar surface area (TPSA) is 82.2 Å². The van der Waals surface area contributed by atoms with Gasteiger partial charge in [-0.2, -0.15) is 5.10 Å². The number of nitrogens with one attached hydrogen (secondary N) is 1. The second kappa shape index (κ2) is 4.97. The van der Waals surface area contributed by atoms with E-state index in [9.17, 15) is 4.79 Å². The molecule has 104 valence electrons. The lowest BCUT2D eigenvalue weighted by Crippen LogP contribution is -2.25. The van der Waals surface area contributed by atoms with Crippen LogP contribution in [0.15, 0.2) is 24.3 Å². The quantitative estimate of drug-likeness (QED) is 0.883. The molecule has 0 unspecified atom stereocenters. The maximum Gasteiger partial charge on any atom is 0.262 e. The number of rotatable bonds is 3. The fourth-order valence-electron chi connectivity index (χ4n) is 2.28. The van der Waals surface area contributed by atoms with Crippen molar-refractivity contribution in [2.24, 2.45) is 5.73 Å². The molecule has 1 aliphatic heterocycles. The lowest BCUT2D eigenvalue weighted by Gasteiger charge is -2.18. The second-order valence-corrected chi connectivity index (χ2v) is 4.59. The first-order valence-corrected chi connectivity index (χ1v) is 6.55. The van der Waals surface area contributed by atoms with Gasteiger partial charge < -0.3 is 15.8 Å². The zero-order valence-electron chi connectivity index (χ0n) is 11.2. The van der Waals surface area contributed by atoms with Gasteiger partial charge in [-0.1, -0.05) is 0 Å². The normalized spacial score (nSPS) is 13.6. The van der Waals surface area contributed by atoms with Gasteiger partial charge >= 0.3 is 0 Å². The van der Waals surface area contributed by atoms with Crippen LogP contribution in [0.5, 0.6) is 5.75 Å². The first kappa shape index (κ1) is 12.7. The van der Waals surface area contributed by atoms with Crippen LogP contribution in [0.2, 0.25) is 0 Å². The molecule has 0 aliphatic carbocycles. The molecule has 2 heterocycles. The van der Waals surface area contributed by atoms with E-state index < -0.39 is 0 Å². The predicted octanol–water partition coefficient (Wildman–Crippen LogP) is 1.36. The molecule has 3 rings (SSSR count). The zero-order chi connectivity index (χ0) is 14.1. The molecule has 1 aromatic carbocycles. The van der Waals surface area contributed by atoms with Crippen molar-refractivity contribution in [1.29, 1.82) is 0 Å². The summed E-state index contributed by atoms with van der Waals surface area (Å²) in [5.41, 5.74) is 9.14. The van der Waals surface area contributed by atoms with Gasteiger partial charge in [0.15, 0.2) is 6.61 Å². The highest BCUT2D eigenvalue weighted by Gasteiger charge is 2.17. The van der Waals surface area contributed by atoms with Crippen molar-refractivity contribution in [3.05, 3.63) is 30.0 Å². The van der Waals surface area contributed by atoms with Gasteiger partial charge in [0.1, 0.15) is 5.75 Å². The van der Waals surface area contributed by atoms with Crippen LogP contribution in [0, 0.1) is 0 Å². The van der Waals surface area contributed by atoms with Crippen LogP contribution in [0.4, 0.5) is 5.69 Å². The number of carbonyl (C=O) groups excluding carboxylic acids is 1. The van der Waals surface area contributed by atoms with Crippen LogP contribution < -0.4 is 15.8 Å². The monoisotopic (exact) mass is 272 g/mol. The molecule has 0 atom stereocenters. The Bertz CT molecular complexity index is 642. The van der Waals surface area contributed by atoms with E-state index in [1.165, 1.54) is 0 Å². The van der Waals surface area contributed by atoms with Crippen LogP contribution in [-0.4, -0.2) is 22.3 Å². The molecule has 1 aliphatic rings. The minimum absolute atomic E-state index is 0.0636. The number of anilines is 1. The van der Waals surface area contributed by atoms with Crippen molar-refractivity contribution < 1.29 is 9.53 Å². The highest BCUT2D eigenvalue weighted by atomic mass is 16.5.